The highest BCUT2D eigenvalue weighted by atomic mass is 35.5. The van der Waals surface area contributed by atoms with Crippen LogP contribution < -0.4 is 11.1 Å². The molecule has 2 aromatic rings. The van der Waals surface area contributed by atoms with Gasteiger partial charge in [-0.05, 0) is 31.7 Å². The molecule has 4 nitrogen and oxygen atoms in total. The largest absolute Gasteiger partial charge is 0.451 e. The number of carbonyl (C=O) groups excluding carboxylic acids is 1. The van der Waals surface area contributed by atoms with Gasteiger partial charge < -0.3 is 15.5 Å². The first kappa shape index (κ1) is 17.8. The maximum Gasteiger partial charge on any atom is 0.287 e. The van der Waals surface area contributed by atoms with E-state index in [9.17, 15) is 4.79 Å². The lowest BCUT2D eigenvalue weighted by molar-refractivity contribution is 0.0888. The molecule has 0 aliphatic heterocycles. The van der Waals surface area contributed by atoms with Crippen molar-refractivity contribution < 1.29 is 9.21 Å². The maximum absolute atomic E-state index is 12.6. The Hall–Kier alpha value is -1.52. The predicted molar refractivity (Wildman–Crippen MR) is 95.1 cm³/mol. The predicted octanol–water partition coefficient (Wildman–Crippen LogP) is 3.80. The van der Waals surface area contributed by atoms with E-state index in [1.165, 1.54) is 19.3 Å². The zero-order chi connectivity index (χ0) is 15.5. The van der Waals surface area contributed by atoms with Crippen molar-refractivity contribution in [1.82, 2.24) is 5.32 Å². The van der Waals surface area contributed by atoms with Crippen LogP contribution in [-0.2, 0) is 0 Å². The normalized spacial score (nSPS) is 16.8. The Labute approximate surface area is 143 Å². The Kier molecular flexibility index (Phi) is 6.08. The highest BCUT2D eigenvalue weighted by Crippen LogP contribution is 2.28. The molecule has 1 aliphatic rings. The molecule has 3 rings (SSSR count). The Morgan fingerprint density at radius 3 is 2.65 bits per heavy atom. The third-order valence-corrected chi connectivity index (χ3v) is 4.84. The van der Waals surface area contributed by atoms with Gasteiger partial charge in [0.15, 0.2) is 5.76 Å². The summed E-state index contributed by atoms with van der Waals surface area (Å²) in [6.07, 6.45) is 6.08. The molecule has 126 valence electrons. The van der Waals surface area contributed by atoms with Crippen LogP contribution in [0.25, 0.3) is 11.0 Å². The number of rotatable bonds is 4. The van der Waals surface area contributed by atoms with Gasteiger partial charge in [-0.2, -0.15) is 0 Å². The summed E-state index contributed by atoms with van der Waals surface area (Å²) >= 11 is 0. The SMILES string of the molecule is Cc1c(C(=O)NC(CN)C2CCCCC2)oc2ccccc12.Cl. The summed E-state index contributed by atoms with van der Waals surface area (Å²) in [6, 6.07) is 7.78. The smallest absolute Gasteiger partial charge is 0.287 e. The van der Waals surface area contributed by atoms with E-state index in [1.54, 1.807) is 0 Å². The third kappa shape index (κ3) is 3.70. The molecule has 3 N–H and O–H groups in total. The minimum absolute atomic E-state index is 0. The Morgan fingerprint density at radius 2 is 2.00 bits per heavy atom. The number of nitrogens with two attached hydrogens (primary N) is 1. The Morgan fingerprint density at radius 1 is 1.30 bits per heavy atom. The zero-order valence-corrected chi connectivity index (χ0v) is 14.3. The lowest BCUT2D eigenvalue weighted by atomic mass is 9.84. The minimum atomic E-state index is -0.144. The molecular formula is C18H25ClN2O2. The zero-order valence-electron chi connectivity index (χ0n) is 13.5. The summed E-state index contributed by atoms with van der Waals surface area (Å²) < 4.78 is 5.74. The van der Waals surface area contributed by atoms with Crippen LogP contribution in [-0.4, -0.2) is 18.5 Å². The molecule has 1 heterocycles. The molecule has 1 aliphatic carbocycles. The van der Waals surface area contributed by atoms with E-state index in [0.29, 0.717) is 18.2 Å². The van der Waals surface area contributed by atoms with E-state index >= 15 is 0 Å². The first-order chi connectivity index (χ1) is 10.7. The van der Waals surface area contributed by atoms with E-state index in [4.69, 9.17) is 10.2 Å². The third-order valence-electron chi connectivity index (χ3n) is 4.84. The van der Waals surface area contributed by atoms with Gasteiger partial charge in [-0.15, -0.1) is 12.4 Å². The van der Waals surface area contributed by atoms with Crippen molar-refractivity contribution in [2.75, 3.05) is 6.54 Å². The average molecular weight is 337 g/mol. The molecule has 1 atom stereocenters. The summed E-state index contributed by atoms with van der Waals surface area (Å²) in [5.74, 6) is 0.762. The highest BCUT2D eigenvalue weighted by Gasteiger charge is 2.26. The number of hydrogen-bond acceptors (Lipinski definition) is 3. The quantitative estimate of drug-likeness (QED) is 0.892. The fourth-order valence-corrected chi connectivity index (χ4v) is 3.53. The summed E-state index contributed by atoms with van der Waals surface area (Å²) in [5.41, 5.74) is 7.55. The number of nitrogens with one attached hydrogen (secondary N) is 1. The molecule has 1 aromatic carbocycles. The molecule has 0 saturated heterocycles. The molecule has 23 heavy (non-hydrogen) atoms. The van der Waals surface area contributed by atoms with Gasteiger partial charge in [0, 0.05) is 23.5 Å². The van der Waals surface area contributed by atoms with Crippen LogP contribution >= 0.6 is 12.4 Å². The van der Waals surface area contributed by atoms with Crippen molar-refractivity contribution in [3.05, 3.63) is 35.6 Å². The highest BCUT2D eigenvalue weighted by molar-refractivity contribution is 5.99. The maximum atomic E-state index is 12.6. The molecule has 0 bridgehead atoms. The number of benzene rings is 1. The number of halogens is 1. The van der Waals surface area contributed by atoms with Gasteiger partial charge >= 0.3 is 0 Å². The van der Waals surface area contributed by atoms with Gasteiger partial charge in [-0.1, -0.05) is 37.5 Å². The Balaban J connectivity index is 0.00000192. The standard InChI is InChI=1S/C18H24N2O2.ClH/c1-12-14-9-5-6-10-16(14)22-17(12)18(21)20-15(11-19)13-7-3-2-4-8-13;/h5-6,9-10,13,15H,2-4,7-8,11,19H2,1H3,(H,20,21);1H. The van der Waals surface area contributed by atoms with Crippen molar-refractivity contribution >= 4 is 29.3 Å². The number of furan rings is 1. The number of hydrogen-bond donors (Lipinski definition) is 2. The first-order valence-corrected chi connectivity index (χ1v) is 8.19. The van der Waals surface area contributed by atoms with Gasteiger partial charge in [0.25, 0.3) is 5.91 Å². The average Bonchev–Trinajstić information content (AvgIpc) is 2.91. The second-order valence-electron chi connectivity index (χ2n) is 6.27. The Bertz CT molecular complexity index is 662. The van der Waals surface area contributed by atoms with E-state index in [-0.39, 0.29) is 24.4 Å². The molecule has 1 amide bonds. The first-order valence-electron chi connectivity index (χ1n) is 8.19. The van der Waals surface area contributed by atoms with Crippen molar-refractivity contribution in [2.45, 2.75) is 45.1 Å². The topological polar surface area (TPSA) is 68.3 Å². The van der Waals surface area contributed by atoms with Gasteiger partial charge in [0.05, 0.1) is 0 Å². The van der Waals surface area contributed by atoms with Crippen molar-refractivity contribution in [2.24, 2.45) is 11.7 Å². The lowest BCUT2D eigenvalue weighted by Crippen LogP contribution is -2.46. The van der Waals surface area contributed by atoms with Crippen LogP contribution in [0.5, 0.6) is 0 Å². The van der Waals surface area contributed by atoms with Crippen LogP contribution in [0.15, 0.2) is 28.7 Å². The monoisotopic (exact) mass is 336 g/mol. The van der Waals surface area contributed by atoms with E-state index in [2.05, 4.69) is 5.32 Å². The second-order valence-corrected chi connectivity index (χ2v) is 6.27. The van der Waals surface area contributed by atoms with Gasteiger partial charge in [-0.3, -0.25) is 4.79 Å². The number of amides is 1. The van der Waals surface area contributed by atoms with Crippen molar-refractivity contribution in [3.8, 4) is 0 Å². The number of fused-ring (bicyclic) bond motifs is 1. The number of aryl methyl sites for hydroxylation is 1. The van der Waals surface area contributed by atoms with Gasteiger partial charge in [0.1, 0.15) is 5.58 Å². The number of carbonyl (C=O) groups is 1. The summed E-state index contributed by atoms with van der Waals surface area (Å²) in [5, 5.41) is 4.09. The minimum Gasteiger partial charge on any atom is -0.451 e. The molecule has 1 aromatic heterocycles. The lowest BCUT2D eigenvalue weighted by Gasteiger charge is -2.29. The van der Waals surface area contributed by atoms with E-state index in [1.807, 2.05) is 31.2 Å². The molecule has 1 fully saturated rings. The van der Waals surface area contributed by atoms with Gasteiger partial charge in [0.2, 0.25) is 0 Å². The molecule has 1 unspecified atom stereocenters. The van der Waals surface area contributed by atoms with Crippen LogP contribution in [0, 0.1) is 12.8 Å². The van der Waals surface area contributed by atoms with E-state index < -0.39 is 0 Å². The second kappa shape index (κ2) is 7.84. The molecular weight excluding hydrogens is 312 g/mol. The van der Waals surface area contributed by atoms with E-state index in [0.717, 1.165) is 29.4 Å². The fourth-order valence-electron chi connectivity index (χ4n) is 3.53. The van der Waals surface area contributed by atoms with Gasteiger partial charge in [-0.25, -0.2) is 0 Å². The summed E-state index contributed by atoms with van der Waals surface area (Å²) in [6.45, 7) is 2.41. The fraction of sp³-hybridized carbons (Fsp3) is 0.500. The molecule has 0 spiro atoms. The number of para-hydroxylation sites is 1. The summed E-state index contributed by atoms with van der Waals surface area (Å²) in [4.78, 5) is 12.6. The van der Waals surface area contributed by atoms with Crippen molar-refractivity contribution in [1.29, 1.82) is 0 Å². The van der Waals surface area contributed by atoms with Crippen LogP contribution in [0.3, 0.4) is 0 Å². The molecule has 1 saturated carbocycles. The van der Waals surface area contributed by atoms with Crippen LogP contribution in [0.1, 0.15) is 48.2 Å². The molecule has 0 radical (unpaired) electrons. The van der Waals surface area contributed by atoms with Crippen LogP contribution in [0.4, 0.5) is 0 Å². The summed E-state index contributed by atoms with van der Waals surface area (Å²) in [7, 11) is 0. The van der Waals surface area contributed by atoms with Crippen LogP contribution in [0.2, 0.25) is 0 Å². The van der Waals surface area contributed by atoms with Crippen molar-refractivity contribution in [3.63, 3.8) is 0 Å². The molecule has 5 heteroatoms.